The van der Waals surface area contributed by atoms with Gasteiger partial charge in [0.25, 0.3) is 5.91 Å². The van der Waals surface area contributed by atoms with Crippen LogP contribution in [-0.2, 0) is 10.0 Å². The molecule has 1 aromatic rings. The van der Waals surface area contributed by atoms with Crippen LogP contribution >= 0.6 is 0 Å². The van der Waals surface area contributed by atoms with Crippen molar-refractivity contribution in [3.8, 4) is 0 Å². The Labute approximate surface area is 193 Å². The predicted molar refractivity (Wildman–Crippen MR) is 126 cm³/mol. The molecule has 5 rings (SSSR count). The lowest BCUT2D eigenvalue weighted by atomic mass is 10.0. The Bertz CT molecular complexity index is 931. The van der Waals surface area contributed by atoms with Gasteiger partial charge in [-0.25, -0.2) is 8.42 Å². The van der Waals surface area contributed by atoms with Gasteiger partial charge in [-0.05, 0) is 87.8 Å². The summed E-state index contributed by atoms with van der Waals surface area (Å²) >= 11 is 0. The number of carbonyl (C=O) groups is 1. The van der Waals surface area contributed by atoms with E-state index in [1.165, 1.54) is 32.1 Å². The summed E-state index contributed by atoms with van der Waals surface area (Å²) < 4.78 is 29.1. The molecule has 7 heteroatoms. The van der Waals surface area contributed by atoms with Crippen LogP contribution in [0.5, 0.6) is 0 Å². The molecule has 6 nitrogen and oxygen atoms in total. The molecule has 2 saturated heterocycles. The van der Waals surface area contributed by atoms with E-state index in [0.29, 0.717) is 41.4 Å². The van der Waals surface area contributed by atoms with E-state index in [-0.39, 0.29) is 5.91 Å². The van der Waals surface area contributed by atoms with Gasteiger partial charge in [-0.15, -0.1) is 0 Å². The zero-order valence-electron chi connectivity index (χ0n) is 19.3. The first-order chi connectivity index (χ1) is 15.5. The third-order valence-corrected chi connectivity index (χ3v) is 9.74. The van der Waals surface area contributed by atoms with Gasteiger partial charge in [-0.3, -0.25) is 4.79 Å². The number of amides is 1. The summed E-state index contributed by atoms with van der Waals surface area (Å²) in [6, 6.07) is 5.75. The lowest BCUT2D eigenvalue weighted by Gasteiger charge is -2.33. The third-order valence-electron chi connectivity index (χ3n) is 7.81. The maximum Gasteiger partial charge on any atom is 0.253 e. The Morgan fingerprint density at radius 3 is 2.03 bits per heavy atom. The Kier molecular flexibility index (Phi) is 6.23. The van der Waals surface area contributed by atoms with E-state index < -0.39 is 10.0 Å². The van der Waals surface area contributed by atoms with E-state index >= 15 is 0 Å². The predicted octanol–water partition coefficient (Wildman–Crippen LogP) is 4.11. The van der Waals surface area contributed by atoms with Gasteiger partial charge in [0.1, 0.15) is 4.90 Å². The van der Waals surface area contributed by atoms with Crippen molar-refractivity contribution >= 4 is 21.6 Å². The second-order valence-corrected chi connectivity index (χ2v) is 12.2. The van der Waals surface area contributed by atoms with Gasteiger partial charge in [-0.1, -0.05) is 6.42 Å². The minimum atomic E-state index is -3.63. The van der Waals surface area contributed by atoms with Gasteiger partial charge < -0.3 is 9.80 Å². The van der Waals surface area contributed by atoms with Gasteiger partial charge in [-0.2, -0.15) is 4.31 Å². The molecule has 0 atom stereocenters. The van der Waals surface area contributed by atoms with Crippen molar-refractivity contribution in [3.63, 3.8) is 0 Å². The number of nitrogens with zero attached hydrogens (tertiary/aromatic N) is 3. The van der Waals surface area contributed by atoms with Crippen molar-refractivity contribution in [1.29, 1.82) is 0 Å². The van der Waals surface area contributed by atoms with E-state index in [9.17, 15) is 13.2 Å². The largest absolute Gasteiger partial charge is 0.370 e. The second kappa shape index (κ2) is 8.98. The van der Waals surface area contributed by atoms with Crippen molar-refractivity contribution in [3.05, 3.63) is 23.8 Å². The summed E-state index contributed by atoms with van der Waals surface area (Å²) in [4.78, 5) is 17.9. The smallest absolute Gasteiger partial charge is 0.253 e. The Morgan fingerprint density at radius 2 is 1.47 bits per heavy atom. The normalized spacial score (nSPS) is 22.9. The highest BCUT2D eigenvalue weighted by Gasteiger charge is 2.45. The van der Waals surface area contributed by atoms with Gasteiger partial charge >= 0.3 is 0 Å². The van der Waals surface area contributed by atoms with Crippen LogP contribution in [0.1, 0.15) is 74.6 Å². The average Bonchev–Trinajstić information content (AvgIpc) is 3.75. The molecule has 2 saturated carbocycles. The average molecular weight is 460 g/mol. The summed E-state index contributed by atoms with van der Waals surface area (Å²) in [5.74, 6) is 1.22. The monoisotopic (exact) mass is 459 g/mol. The number of sulfonamides is 1. The highest BCUT2D eigenvalue weighted by atomic mass is 32.2. The van der Waals surface area contributed by atoms with Gasteiger partial charge in [0.2, 0.25) is 10.0 Å². The lowest BCUT2D eigenvalue weighted by molar-refractivity contribution is 0.0689. The Morgan fingerprint density at radius 1 is 0.906 bits per heavy atom. The van der Waals surface area contributed by atoms with Crippen LogP contribution in [0.25, 0.3) is 0 Å². The van der Waals surface area contributed by atoms with Crippen molar-refractivity contribution in [2.75, 3.05) is 38.1 Å². The fraction of sp³-hybridized carbons (Fsp3) is 0.720. The Hall–Kier alpha value is -1.60. The molecule has 0 aromatic heterocycles. The number of piperidine rings is 2. The molecule has 0 bridgehead atoms. The number of hydrogen-bond donors (Lipinski definition) is 0. The highest BCUT2D eigenvalue weighted by Crippen LogP contribution is 2.47. The van der Waals surface area contributed by atoms with Gasteiger partial charge in [0, 0.05) is 44.8 Å². The number of hydrogen-bond acceptors (Lipinski definition) is 4. The molecule has 0 radical (unpaired) electrons. The quantitative estimate of drug-likeness (QED) is 0.616. The van der Waals surface area contributed by atoms with Crippen LogP contribution in [0.4, 0.5) is 5.69 Å². The standard InChI is InChI=1S/C25H37N3O3S/c1-26(24(19-8-9-19)20-10-11-20)25(29)21-12-13-22(27-14-4-2-5-15-27)23(18-21)32(30,31)28-16-6-3-7-17-28/h12-13,18-20,24H,2-11,14-17H2,1H3. The van der Waals surface area contributed by atoms with Crippen LogP contribution < -0.4 is 4.90 Å². The van der Waals surface area contributed by atoms with E-state index in [1.54, 1.807) is 10.4 Å². The number of anilines is 1. The first kappa shape index (κ1) is 22.2. The highest BCUT2D eigenvalue weighted by molar-refractivity contribution is 7.89. The van der Waals surface area contributed by atoms with E-state index in [0.717, 1.165) is 50.9 Å². The number of rotatable bonds is 7. The molecule has 0 N–H and O–H groups in total. The third kappa shape index (κ3) is 4.43. The molecule has 1 amide bonds. The molecular weight excluding hydrogens is 422 g/mol. The Balaban J connectivity index is 1.49. The molecule has 2 heterocycles. The van der Waals surface area contributed by atoms with E-state index in [1.807, 2.05) is 24.1 Å². The minimum Gasteiger partial charge on any atom is -0.370 e. The molecule has 0 unspecified atom stereocenters. The van der Waals surface area contributed by atoms with Crippen LogP contribution in [0.15, 0.2) is 23.1 Å². The zero-order chi connectivity index (χ0) is 22.3. The van der Waals surface area contributed by atoms with Gasteiger partial charge in [0.05, 0.1) is 5.69 Å². The number of benzene rings is 1. The van der Waals surface area contributed by atoms with Gasteiger partial charge in [0.15, 0.2) is 0 Å². The molecule has 4 aliphatic rings. The maximum absolute atomic E-state index is 13.7. The fourth-order valence-electron chi connectivity index (χ4n) is 5.73. The number of carbonyl (C=O) groups excluding carboxylic acids is 1. The first-order valence-corrected chi connectivity index (χ1v) is 14.1. The van der Waals surface area contributed by atoms with Crippen LogP contribution in [0, 0.1) is 11.8 Å². The van der Waals surface area contributed by atoms with Crippen molar-refractivity contribution < 1.29 is 13.2 Å². The molecule has 176 valence electrons. The fourth-order valence-corrected chi connectivity index (χ4v) is 7.48. The summed E-state index contributed by atoms with van der Waals surface area (Å²) in [5.41, 5.74) is 1.28. The lowest BCUT2D eigenvalue weighted by Crippen LogP contribution is -2.40. The molecule has 4 fully saturated rings. The van der Waals surface area contributed by atoms with Crippen LogP contribution in [0.3, 0.4) is 0 Å². The summed E-state index contributed by atoms with van der Waals surface area (Å²) in [5, 5.41) is 0. The van der Waals surface area contributed by atoms with Crippen molar-refractivity contribution in [2.24, 2.45) is 11.8 Å². The molecule has 32 heavy (non-hydrogen) atoms. The SMILES string of the molecule is CN(C(=O)c1ccc(N2CCCCC2)c(S(=O)(=O)N2CCCCC2)c1)C(C1CC1)C1CC1. The topological polar surface area (TPSA) is 60.9 Å². The van der Waals surface area contributed by atoms with Crippen LogP contribution in [-0.4, -0.2) is 62.8 Å². The van der Waals surface area contributed by atoms with E-state index in [2.05, 4.69) is 4.90 Å². The molecule has 2 aliphatic carbocycles. The summed E-state index contributed by atoms with van der Waals surface area (Å²) in [6.07, 6.45) is 11.1. The first-order valence-electron chi connectivity index (χ1n) is 12.6. The molecule has 1 aromatic carbocycles. The minimum absolute atomic E-state index is 0.0333. The summed E-state index contributed by atoms with van der Waals surface area (Å²) in [6.45, 7) is 2.90. The van der Waals surface area contributed by atoms with Crippen LogP contribution in [0.2, 0.25) is 0 Å². The zero-order valence-corrected chi connectivity index (χ0v) is 20.2. The second-order valence-electron chi connectivity index (χ2n) is 10.3. The maximum atomic E-state index is 13.7. The van der Waals surface area contributed by atoms with Crippen molar-refractivity contribution in [1.82, 2.24) is 9.21 Å². The van der Waals surface area contributed by atoms with E-state index in [4.69, 9.17) is 0 Å². The summed E-state index contributed by atoms with van der Waals surface area (Å²) in [7, 11) is -1.71. The van der Waals surface area contributed by atoms with Crippen molar-refractivity contribution in [2.45, 2.75) is 75.1 Å². The molecule has 0 spiro atoms. The molecular formula is C25H37N3O3S. The molecule has 2 aliphatic heterocycles.